The Morgan fingerprint density at radius 1 is 1.10 bits per heavy atom. The third-order valence-corrected chi connectivity index (χ3v) is 12.7. The molecule has 4 aliphatic carbocycles. The minimum absolute atomic E-state index is 0.0645. The van der Waals surface area contributed by atoms with Crippen molar-refractivity contribution < 1.29 is 34.0 Å². The lowest BCUT2D eigenvalue weighted by molar-refractivity contribution is -0.319. The summed E-state index contributed by atoms with van der Waals surface area (Å²) in [7, 11) is 0. The van der Waals surface area contributed by atoms with Gasteiger partial charge in [0.2, 0.25) is 0 Å². The van der Waals surface area contributed by atoms with Gasteiger partial charge in [-0.15, -0.1) is 0 Å². The second-order valence-corrected chi connectivity index (χ2v) is 15.3. The number of fused-ring (bicyclic) bond motifs is 5. The molecule has 0 radical (unpaired) electrons. The molecule has 222 valence electrons. The zero-order valence-electron chi connectivity index (χ0n) is 25.4. The lowest BCUT2D eigenvalue weighted by Gasteiger charge is -2.61. The maximum Gasteiger partial charge on any atom is 0.303 e. The molecule has 5 rings (SSSR count). The van der Waals surface area contributed by atoms with Crippen LogP contribution in [-0.4, -0.2) is 51.3 Å². The Balaban J connectivity index is 1.43. The standard InChI is InChI=1S/C32H52O7/c1-18(28(3,4)37-19(2)33)15-26-31(7,39-32(8,36)38-26)27-25(35)17-24-22-10-9-20-16-21(34)11-13-29(20,5)23(22)12-14-30(24,27)6/h18,20,22-27,35-36H,9-17H2,1-8H3/t18-,20-,22+,23-,24-,25-,26+,27-,29-,30-,31+,32?/m0/s1. The van der Waals surface area contributed by atoms with E-state index in [1.165, 1.54) is 13.8 Å². The molecular formula is C32H52O7. The highest BCUT2D eigenvalue weighted by Gasteiger charge is 2.69. The van der Waals surface area contributed by atoms with E-state index in [1.807, 2.05) is 27.7 Å². The molecule has 7 heteroatoms. The van der Waals surface area contributed by atoms with E-state index in [0.29, 0.717) is 42.3 Å². The van der Waals surface area contributed by atoms with Gasteiger partial charge in [-0.3, -0.25) is 9.59 Å². The number of ketones is 1. The van der Waals surface area contributed by atoms with E-state index in [9.17, 15) is 19.8 Å². The number of rotatable bonds is 5. The van der Waals surface area contributed by atoms with Gasteiger partial charge in [0.1, 0.15) is 17.0 Å². The van der Waals surface area contributed by atoms with Crippen molar-refractivity contribution in [2.24, 2.45) is 46.3 Å². The molecule has 39 heavy (non-hydrogen) atoms. The van der Waals surface area contributed by atoms with Gasteiger partial charge in [0, 0.05) is 32.6 Å². The second-order valence-electron chi connectivity index (χ2n) is 15.3. The van der Waals surface area contributed by atoms with Crippen molar-refractivity contribution in [2.75, 3.05) is 0 Å². The molecular weight excluding hydrogens is 496 g/mol. The highest BCUT2D eigenvalue weighted by molar-refractivity contribution is 5.79. The number of aliphatic hydroxyl groups excluding tert-OH is 1. The summed E-state index contributed by atoms with van der Waals surface area (Å²) in [6, 6.07) is 0. The third kappa shape index (κ3) is 4.71. The van der Waals surface area contributed by atoms with Gasteiger partial charge in [-0.1, -0.05) is 20.8 Å². The van der Waals surface area contributed by atoms with Crippen LogP contribution in [0.15, 0.2) is 0 Å². The molecule has 7 nitrogen and oxygen atoms in total. The molecule has 0 aromatic carbocycles. The molecule has 1 aliphatic heterocycles. The van der Waals surface area contributed by atoms with Crippen molar-refractivity contribution >= 4 is 11.8 Å². The van der Waals surface area contributed by atoms with Gasteiger partial charge in [0.15, 0.2) is 0 Å². The Kier molecular flexibility index (Phi) is 7.18. The molecule has 1 unspecified atom stereocenters. The maximum absolute atomic E-state index is 12.3. The van der Waals surface area contributed by atoms with Gasteiger partial charge in [-0.2, -0.15) is 0 Å². The summed E-state index contributed by atoms with van der Waals surface area (Å²) < 4.78 is 18.2. The van der Waals surface area contributed by atoms with Crippen molar-refractivity contribution in [1.29, 1.82) is 0 Å². The summed E-state index contributed by atoms with van der Waals surface area (Å²) in [5.41, 5.74) is -1.56. The summed E-state index contributed by atoms with van der Waals surface area (Å²) >= 11 is 0. The molecule has 0 aromatic heterocycles. The van der Waals surface area contributed by atoms with Crippen molar-refractivity contribution in [1.82, 2.24) is 0 Å². The predicted molar refractivity (Wildman–Crippen MR) is 146 cm³/mol. The molecule has 0 aromatic rings. The molecule has 1 saturated heterocycles. The average molecular weight is 549 g/mol. The Labute approximate surface area is 234 Å². The van der Waals surface area contributed by atoms with Crippen molar-refractivity contribution in [3.8, 4) is 0 Å². The smallest absolute Gasteiger partial charge is 0.303 e. The van der Waals surface area contributed by atoms with Gasteiger partial charge in [0.05, 0.1) is 12.2 Å². The molecule has 12 atom stereocenters. The Hall–Kier alpha value is -1.02. The number of hydrogen-bond donors (Lipinski definition) is 2. The summed E-state index contributed by atoms with van der Waals surface area (Å²) in [5, 5.41) is 22.8. The average Bonchev–Trinajstić information content (AvgIpc) is 3.20. The van der Waals surface area contributed by atoms with Crippen LogP contribution in [0.25, 0.3) is 0 Å². The van der Waals surface area contributed by atoms with Crippen LogP contribution < -0.4 is 0 Å². The quantitative estimate of drug-likeness (QED) is 0.444. The number of aliphatic hydroxyl groups is 2. The SMILES string of the molecule is CC(=O)OC(C)(C)[C@@H](C)C[C@H]1OC(C)(O)O[C@@]1(C)[C@H]1[C@@H](O)C[C@H]2[C@@H]3CC[C@H]4CC(=O)CC[C@]4(C)[C@H]3CC[C@@]21C. The first-order valence-corrected chi connectivity index (χ1v) is 15.4. The summed E-state index contributed by atoms with van der Waals surface area (Å²) in [5.74, 6) is 0.0803. The van der Waals surface area contributed by atoms with Gasteiger partial charge < -0.3 is 24.4 Å². The number of esters is 1. The normalized spacial score (nSPS) is 50.6. The lowest BCUT2D eigenvalue weighted by atomic mass is 9.44. The van der Waals surface area contributed by atoms with Crippen molar-refractivity contribution in [3.63, 3.8) is 0 Å². The van der Waals surface area contributed by atoms with Gasteiger partial charge in [-0.05, 0) is 106 Å². The molecule has 5 fully saturated rings. The van der Waals surface area contributed by atoms with E-state index in [4.69, 9.17) is 14.2 Å². The fourth-order valence-electron chi connectivity index (χ4n) is 10.6. The maximum atomic E-state index is 12.3. The lowest BCUT2D eigenvalue weighted by Crippen LogP contribution is -2.58. The molecule has 4 saturated carbocycles. The first-order valence-electron chi connectivity index (χ1n) is 15.4. The van der Waals surface area contributed by atoms with Crippen LogP contribution in [0.5, 0.6) is 0 Å². The first-order chi connectivity index (χ1) is 17.9. The van der Waals surface area contributed by atoms with Crippen molar-refractivity contribution in [2.45, 2.75) is 143 Å². The number of Topliss-reactive ketones (excluding diaryl/α,β-unsaturated/α-hetero) is 1. The number of carbonyl (C=O) groups excluding carboxylic acids is 2. The number of carbonyl (C=O) groups is 2. The van der Waals surface area contributed by atoms with E-state index >= 15 is 0 Å². The summed E-state index contributed by atoms with van der Waals surface area (Å²) in [4.78, 5) is 24.0. The van der Waals surface area contributed by atoms with Crippen molar-refractivity contribution in [3.05, 3.63) is 0 Å². The highest BCUT2D eigenvalue weighted by Crippen LogP contribution is 2.69. The van der Waals surface area contributed by atoms with Crippen LogP contribution in [-0.2, 0) is 23.8 Å². The highest BCUT2D eigenvalue weighted by atomic mass is 16.9. The Morgan fingerprint density at radius 2 is 1.79 bits per heavy atom. The Morgan fingerprint density at radius 3 is 2.46 bits per heavy atom. The van der Waals surface area contributed by atoms with Crippen LogP contribution in [0.1, 0.15) is 113 Å². The molecule has 2 N–H and O–H groups in total. The zero-order valence-corrected chi connectivity index (χ0v) is 25.4. The van der Waals surface area contributed by atoms with E-state index in [-0.39, 0.29) is 28.6 Å². The molecule has 5 aliphatic rings. The third-order valence-electron chi connectivity index (χ3n) is 12.7. The molecule has 0 spiro atoms. The monoisotopic (exact) mass is 548 g/mol. The molecule has 0 amide bonds. The van der Waals surface area contributed by atoms with E-state index < -0.39 is 29.4 Å². The summed E-state index contributed by atoms with van der Waals surface area (Å²) in [6.45, 7) is 15.6. The summed E-state index contributed by atoms with van der Waals surface area (Å²) in [6.07, 6.45) is 7.04. The second kappa shape index (κ2) is 9.50. The van der Waals surface area contributed by atoms with Gasteiger partial charge in [0.25, 0.3) is 5.97 Å². The van der Waals surface area contributed by atoms with Crippen LogP contribution in [0.2, 0.25) is 0 Å². The van der Waals surface area contributed by atoms with Crippen LogP contribution in [0, 0.1) is 46.3 Å². The predicted octanol–water partition coefficient (Wildman–Crippen LogP) is 5.39. The van der Waals surface area contributed by atoms with Crippen LogP contribution >= 0.6 is 0 Å². The van der Waals surface area contributed by atoms with Crippen LogP contribution in [0.4, 0.5) is 0 Å². The number of hydrogen-bond acceptors (Lipinski definition) is 7. The topological polar surface area (TPSA) is 102 Å². The Bertz CT molecular complexity index is 991. The van der Waals surface area contributed by atoms with E-state index in [0.717, 1.165) is 44.9 Å². The minimum atomic E-state index is -1.75. The first kappa shape index (κ1) is 29.5. The molecule has 1 heterocycles. The largest absolute Gasteiger partial charge is 0.460 e. The number of ether oxygens (including phenoxy) is 3. The fourth-order valence-corrected chi connectivity index (χ4v) is 10.6. The van der Waals surface area contributed by atoms with E-state index in [1.54, 1.807) is 0 Å². The van der Waals surface area contributed by atoms with Gasteiger partial charge >= 0.3 is 5.97 Å². The van der Waals surface area contributed by atoms with E-state index in [2.05, 4.69) is 13.8 Å². The zero-order chi connectivity index (χ0) is 28.8. The molecule has 0 bridgehead atoms. The fraction of sp³-hybridized carbons (Fsp3) is 0.938. The van der Waals surface area contributed by atoms with Gasteiger partial charge in [-0.25, -0.2) is 0 Å². The minimum Gasteiger partial charge on any atom is -0.460 e. The van der Waals surface area contributed by atoms with Crippen LogP contribution in [0.3, 0.4) is 0 Å².